The molecule has 136 valence electrons. The molecule has 2 rings (SSSR count). The van der Waals surface area contributed by atoms with Crippen molar-refractivity contribution in [1.82, 2.24) is 0 Å². The van der Waals surface area contributed by atoms with Gasteiger partial charge in [-0.2, -0.15) is 13.2 Å². The Morgan fingerprint density at radius 2 is 1.58 bits per heavy atom. The zero-order chi connectivity index (χ0) is 19.6. The van der Waals surface area contributed by atoms with Crippen LogP contribution in [-0.2, 0) is 6.18 Å². The van der Waals surface area contributed by atoms with E-state index in [4.69, 9.17) is 0 Å². The molecule has 8 nitrogen and oxygen atoms in total. The standard InChI is InChI=1S/C15H10F3N3O5/c1-19(11-5-3-2-4-10(11)15(16,17)18)14(22)9-6-7-12(20(23)24)13(8-9)21(25)26/h2-8H,1H3. The van der Waals surface area contributed by atoms with Crippen LogP contribution in [0.5, 0.6) is 0 Å². The van der Waals surface area contributed by atoms with Crippen molar-refractivity contribution in [2.75, 3.05) is 11.9 Å². The molecule has 1 amide bonds. The van der Waals surface area contributed by atoms with Gasteiger partial charge in [0, 0.05) is 24.7 Å². The van der Waals surface area contributed by atoms with Gasteiger partial charge in [-0.3, -0.25) is 25.0 Å². The molecule has 26 heavy (non-hydrogen) atoms. The molecule has 0 bridgehead atoms. The lowest BCUT2D eigenvalue weighted by Crippen LogP contribution is -2.28. The first-order chi connectivity index (χ1) is 12.0. The van der Waals surface area contributed by atoms with Crippen molar-refractivity contribution < 1.29 is 27.8 Å². The number of alkyl halides is 3. The monoisotopic (exact) mass is 369 g/mol. The van der Waals surface area contributed by atoms with E-state index in [0.29, 0.717) is 11.0 Å². The van der Waals surface area contributed by atoms with Crippen LogP contribution in [0.1, 0.15) is 15.9 Å². The highest BCUT2D eigenvalue weighted by Gasteiger charge is 2.35. The molecule has 0 aliphatic heterocycles. The summed E-state index contributed by atoms with van der Waals surface area (Å²) in [7, 11) is 1.07. The van der Waals surface area contributed by atoms with Crippen LogP contribution in [0.3, 0.4) is 0 Å². The van der Waals surface area contributed by atoms with Crippen LogP contribution in [0.25, 0.3) is 0 Å². The molecule has 0 spiro atoms. The van der Waals surface area contributed by atoms with Crippen molar-refractivity contribution in [2.24, 2.45) is 0 Å². The fourth-order valence-corrected chi connectivity index (χ4v) is 2.27. The predicted molar refractivity (Wildman–Crippen MR) is 83.9 cm³/mol. The maximum atomic E-state index is 13.1. The van der Waals surface area contributed by atoms with Crippen LogP contribution in [0.4, 0.5) is 30.2 Å². The van der Waals surface area contributed by atoms with E-state index < -0.39 is 44.6 Å². The van der Waals surface area contributed by atoms with Gasteiger partial charge >= 0.3 is 17.6 Å². The van der Waals surface area contributed by atoms with Crippen molar-refractivity contribution in [3.63, 3.8) is 0 Å². The molecule has 2 aromatic carbocycles. The summed E-state index contributed by atoms with van der Waals surface area (Å²) in [5.74, 6) is -0.986. The highest BCUT2D eigenvalue weighted by Crippen LogP contribution is 2.37. The molecule has 0 aliphatic rings. The number of nitro benzene ring substituents is 2. The number of amides is 1. The number of hydrogen-bond donors (Lipinski definition) is 0. The van der Waals surface area contributed by atoms with Crippen LogP contribution < -0.4 is 4.90 Å². The summed E-state index contributed by atoms with van der Waals surface area (Å²) in [5.41, 5.74) is -3.64. The van der Waals surface area contributed by atoms with Crippen molar-refractivity contribution in [1.29, 1.82) is 0 Å². The third-order valence-corrected chi connectivity index (χ3v) is 3.49. The molecule has 0 aliphatic carbocycles. The number of benzene rings is 2. The Morgan fingerprint density at radius 1 is 1.00 bits per heavy atom. The fourth-order valence-electron chi connectivity index (χ4n) is 2.27. The number of carbonyl (C=O) groups excluding carboxylic acids is 1. The number of para-hydroxylation sites is 1. The molecule has 0 radical (unpaired) electrons. The summed E-state index contributed by atoms with van der Waals surface area (Å²) in [6, 6.07) is 6.67. The summed E-state index contributed by atoms with van der Waals surface area (Å²) < 4.78 is 39.3. The Labute approximate surface area is 143 Å². The second-order valence-electron chi connectivity index (χ2n) is 5.10. The van der Waals surface area contributed by atoms with E-state index in [0.717, 1.165) is 37.4 Å². The first-order valence-corrected chi connectivity index (χ1v) is 6.91. The van der Waals surface area contributed by atoms with Gasteiger partial charge in [0.2, 0.25) is 0 Å². The summed E-state index contributed by atoms with van der Waals surface area (Å²) in [5, 5.41) is 21.8. The minimum atomic E-state index is -4.72. The zero-order valence-corrected chi connectivity index (χ0v) is 13.1. The fraction of sp³-hybridized carbons (Fsp3) is 0.133. The van der Waals surface area contributed by atoms with E-state index in [-0.39, 0.29) is 5.56 Å². The lowest BCUT2D eigenvalue weighted by molar-refractivity contribution is -0.422. The Hall–Kier alpha value is -3.50. The van der Waals surface area contributed by atoms with Gasteiger partial charge in [-0.05, 0) is 18.2 Å². The highest BCUT2D eigenvalue weighted by atomic mass is 19.4. The van der Waals surface area contributed by atoms with E-state index in [2.05, 4.69) is 0 Å². The van der Waals surface area contributed by atoms with Crippen molar-refractivity contribution >= 4 is 23.0 Å². The van der Waals surface area contributed by atoms with Crippen molar-refractivity contribution in [3.05, 3.63) is 73.8 Å². The molecule has 0 unspecified atom stereocenters. The Kier molecular flexibility index (Phi) is 4.91. The van der Waals surface area contributed by atoms with Gasteiger partial charge < -0.3 is 4.90 Å². The molecule has 0 saturated carbocycles. The molecule has 0 atom stereocenters. The number of hydrogen-bond acceptors (Lipinski definition) is 5. The van der Waals surface area contributed by atoms with Gasteiger partial charge in [0.05, 0.1) is 21.1 Å². The molecule has 0 aromatic heterocycles. The van der Waals surface area contributed by atoms with E-state index in [1.807, 2.05) is 0 Å². The number of nitro groups is 2. The summed E-state index contributed by atoms with van der Waals surface area (Å²) in [6.07, 6.45) is -4.72. The normalized spacial score (nSPS) is 11.1. The van der Waals surface area contributed by atoms with E-state index in [1.165, 1.54) is 6.07 Å². The Morgan fingerprint density at radius 3 is 2.12 bits per heavy atom. The summed E-state index contributed by atoms with van der Waals surface area (Å²) in [4.78, 5) is 32.8. The number of nitrogens with zero attached hydrogens (tertiary/aromatic N) is 3. The quantitative estimate of drug-likeness (QED) is 0.602. The number of rotatable bonds is 4. The highest BCUT2D eigenvalue weighted by molar-refractivity contribution is 6.06. The second-order valence-corrected chi connectivity index (χ2v) is 5.10. The summed E-state index contributed by atoms with van der Waals surface area (Å²) in [6.45, 7) is 0. The molecular formula is C15H10F3N3O5. The molecule has 0 fully saturated rings. The van der Waals surface area contributed by atoms with E-state index in [9.17, 15) is 38.2 Å². The average molecular weight is 369 g/mol. The predicted octanol–water partition coefficient (Wildman–Crippen LogP) is 3.80. The van der Waals surface area contributed by atoms with Crippen LogP contribution >= 0.6 is 0 Å². The van der Waals surface area contributed by atoms with Gasteiger partial charge in [0.1, 0.15) is 0 Å². The largest absolute Gasteiger partial charge is 0.418 e. The molecular weight excluding hydrogens is 359 g/mol. The second kappa shape index (κ2) is 6.78. The van der Waals surface area contributed by atoms with Gasteiger partial charge in [0.25, 0.3) is 5.91 Å². The Bertz CT molecular complexity index is 898. The smallest absolute Gasteiger partial charge is 0.311 e. The topological polar surface area (TPSA) is 107 Å². The maximum absolute atomic E-state index is 13.1. The van der Waals surface area contributed by atoms with Crippen LogP contribution in [0.2, 0.25) is 0 Å². The Balaban J connectivity index is 2.49. The van der Waals surface area contributed by atoms with Gasteiger partial charge in [0.15, 0.2) is 0 Å². The molecule has 11 heteroatoms. The number of carbonyl (C=O) groups is 1. The third-order valence-electron chi connectivity index (χ3n) is 3.49. The minimum absolute atomic E-state index is 0.359. The zero-order valence-electron chi connectivity index (χ0n) is 13.1. The third kappa shape index (κ3) is 3.61. The molecule has 0 heterocycles. The van der Waals surface area contributed by atoms with E-state index >= 15 is 0 Å². The van der Waals surface area contributed by atoms with E-state index in [1.54, 1.807) is 0 Å². The van der Waals surface area contributed by atoms with Crippen molar-refractivity contribution in [3.8, 4) is 0 Å². The first-order valence-electron chi connectivity index (χ1n) is 6.91. The van der Waals surface area contributed by atoms with Crippen LogP contribution in [-0.4, -0.2) is 22.8 Å². The first kappa shape index (κ1) is 18.8. The van der Waals surface area contributed by atoms with Crippen molar-refractivity contribution in [2.45, 2.75) is 6.18 Å². The molecule has 0 N–H and O–H groups in total. The molecule has 2 aromatic rings. The lowest BCUT2D eigenvalue weighted by Gasteiger charge is -2.21. The maximum Gasteiger partial charge on any atom is 0.418 e. The van der Waals surface area contributed by atoms with Gasteiger partial charge in [-0.25, -0.2) is 0 Å². The average Bonchev–Trinajstić information content (AvgIpc) is 2.59. The lowest BCUT2D eigenvalue weighted by atomic mass is 10.1. The van der Waals surface area contributed by atoms with Gasteiger partial charge in [-0.1, -0.05) is 12.1 Å². The summed E-state index contributed by atoms with van der Waals surface area (Å²) >= 11 is 0. The number of halogens is 3. The van der Waals surface area contributed by atoms with Crippen LogP contribution in [0, 0.1) is 20.2 Å². The van der Waals surface area contributed by atoms with Gasteiger partial charge in [-0.15, -0.1) is 0 Å². The molecule has 0 saturated heterocycles. The van der Waals surface area contributed by atoms with Crippen LogP contribution in [0.15, 0.2) is 42.5 Å². The minimum Gasteiger partial charge on any atom is -0.311 e. The number of anilines is 1. The SMILES string of the molecule is CN(C(=O)c1ccc([N+](=O)[O-])c([N+](=O)[O-])c1)c1ccccc1C(F)(F)F.